The number of nitrogens with two attached hydrogens (primary N) is 1. The van der Waals surface area contributed by atoms with Crippen molar-refractivity contribution in [3.63, 3.8) is 0 Å². The zero-order valence-electron chi connectivity index (χ0n) is 8.28. The maximum atomic E-state index is 13.0. The Kier molecular flexibility index (Phi) is 3.70. The molecule has 0 radical (unpaired) electrons. The zero-order chi connectivity index (χ0) is 11.5. The highest BCUT2D eigenvalue weighted by Crippen LogP contribution is 2.30. The van der Waals surface area contributed by atoms with Crippen molar-refractivity contribution < 1.29 is 4.39 Å². The monoisotopic (exact) mass is 300 g/mol. The highest BCUT2D eigenvalue weighted by molar-refractivity contribution is 9.10. The Morgan fingerprint density at radius 1 is 1.38 bits per heavy atom. The third kappa shape index (κ3) is 2.32. The molecule has 0 amide bonds. The highest BCUT2D eigenvalue weighted by Gasteiger charge is 2.16. The van der Waals surface area contributed by atoms with Crippen LogP contribution in [0.2, 0.25) is 0 Å². The standard InChI is InChI=1S/C11H10BrFN2S/c12-9-6-7(13)3-4-8(9)11(15-14)10-2-1-5-16-10/h1-6,11,15H,14H2. The van der Waals surface area contributed by atoms with Crippen LogP contribution in [0.25, 0.3) is 0 Å². The summed E-state index contributed by atoms with van der Waals surface area (Å²) in [5.74, 6) is 5.28. The Balaban J connectivity index is 2.41. The topological polar surface area (TPSA) is 38.0 Å². The van der Waals surface area contributed by atoms with Crippen LogP contribution in [0.4, 0.5) is 4.39 Å². The van der Waals surface area contributed by atoms with Crippen LogP contribution in [0.3, 0.4) is 0 Å². The van der Waals surface area contributed by atoms with Crippen molar-refractivity contribution in [2.24, 2.45) is 5.84 Å². The van der Waals surface area contributed by atoms with Crippen LogP contribution in [0.5, 0.6) is 0 Å². The molecule has 1 atom stereocenters. The predicted molar refractivity (Wildman–Crippen MR) is 67.6 cm³/mol. The number of hydrogen-bond donors (Lipinski definition) is 2. The van der Waals surface area contributed by atoms with Gasteiger partial charge in [-0.2, -0.15) is 0 Å². The zero-order valence-corrected chi connectivity index (χ0v) is 10.7. The molecule has 0 aliphatic carbocycles. The Bertz CT molecular complexity index is 473. The summed E-state index contributed by atoms with van der Waals surface area (Å²) in [5.41, 5.74) is 3.66. The first-order valence-electron chi connectivity index (χ1n) is 4.67. The van der Waals surface area contributed by atoms with E-state index in [0.29, 0.717) is 4.47 Å². The maximum absolute atomic E-state index is 13.0. The minimum Gasteiger partial charge on any atom is -0.271 e. The van der Waals surface area contributed by atoms with Gasteiger partial charge in [0.15, 0.2) is 0 Å². The molecule has 0 aliphatic rings. The van der Waals surface area contributed by atoms with Crippen molar-refractivity contribution in [1.82, 2.24) is 5.43 Å². The van der Waals surface area contributed by atoms with E-state index in [-0.39, 0.29) is 11.9 Å². The van der Waals surface area contributed by atoms with Gasteiger partial charge in [-0.05, 0) is 29.1 Å². The number of halogens is 2. The van der Waals surface area contributed by atoms with Gasteiger partial charge in [0.2, 0.25) is 0 Å². The van der Waals surface area contributed by atoms with Crippen LogP contribution >= 0.6 is 27.3 Å². The van der Waals surface area contributed by atoms with Gasteiger partial charge in [-0.15, -0.1) is 11.3 Å². The molecule has 0 saturated carbocycles. The van der Waals surface area contributed by atoms with Crippen molar-refractivity contribution in [2.75, 3.05) is 0 Å². The molecule has 2 nitrogen and oxygen atoms in total. The van der Waals surface area contributed by atoms with E-state index in [1.807, 2.05) is 17.5 Å². The van der Waals surface area contributed by atoms with Crippen molar-refractivity contribution in [3.8, 4) is 0 Å². The average Bonchev–Trinajstić information content (AvgIpc) is 2.75. The van der Waals surface area contributed by atoms with Gasteiger partial charge in [0.25, 0.3) is 0 Å². The van der Waals surface area contributed by atoms with Gasteiger partial charge < -0.3 is 0 Å². The second-order valence-electron chi connectivity index (χ2n) is 3.28. The minimum atomic E-state index is -0.266. The normalized spacial score (nSPS) is 12.7. The van der Waals surface area contributed by atoms with Gasteiger partial charge in [-0.25, -0.2) is 9.82 Å². The van der Waals surface area contributed by atoms with Crippen LogP contribution in [-0.4, -0.2) is 0 Å². The van der Waals surface area contributed by atoms with Crippen LogP contribution in [0, 0.1) is 5.82 Å². The molecule has 0 spiro atoms. The largest absolute Gasteiger partial charge is 0.271 e. The van der Waals surface area contributed by atoms with Crippen LogP contribution in [0.15, 0.2) is 40.2 Å². The average molecular weight is 301 g/mol. The lowest BCUT2D eigenvalue weighted by Gasteiger charge is -2.16. The summed E-state index contributed by atoms with van der Waals surface area (Å²) in [6.07, 6.45) is 0. The molecule has 1 aromatic carbocycles. The van der Waals surface area contributed by atoms with Gasteiger partial charge in [-0.1, -0.05) is 28.1 Å². The smallest absolute Gasteiger partial charge is 0.124 e. The number of thiophene rings is 1. The van der Waals surface area contributed by atoms with E-state index in [4.69, 9.17) is 5.84 Å². The van der Waals surface area contributed by atoms with E-state index in [0.717, 1.165) is 10.4 Å². The van der Waals surface area contributed by atoms with Gasteiger partial charge in [-0.3, -0.25) is 5.84 Å². The van der Waals surface area contributed by atoms with Crippen molar-refractivity contribution >= 4 is 27.3 Å². The van der Waals surface area contributed by atoms with Gasteiger partial charge >= 0.3 is 0 Å². The summed E-state index contributed by atoms with van der Waals surface area (Å²) in [6.45, 7) is 0. The SMILES string of the molecule is NNC(c1cccs1)c1ccc(F)cc1Br. The molecule has 0 fully saturated rings. The molecule has 0 saturated heterocycles. The molecule has 1 heterocycles. The van der Waals surface area contributed by atoms with E-state index in [9.17, 15) is 4.39 Å². The maximum Gasteiger partial charge on any atom is 0.124 e. The Hall–Kier alpha value is -0.750. The molecule has 0 bridgehead atoms. The highest BCUT2D eigenvalue weighted by atomic mass is 79.9. The van der Waals surface area contributed by atoms with Gasteiger partial charge in [0, 0.05) is 9.35 Å². The molecule has 16 heavy (non-hydrogen) atoms. The number of hydrogen-bond acceptors (Lipinski definition) is 3. The summed E-state index contributed by atoms with van der Waals surface area (Å²) in [4.78, 5) is 1.09. The van der Waals surface area contributed by atoms with E-state index in [1.54, 1.807) is 17.4 Å². The summed E-state index contributed by atoms with van der Waals surface area (Å²) in [6, 6.07) is 8.43. The van der Waals surface area contributed by atoms with E-state index in [1.165, 1.54) is 12.1 Å². The molecule has 2 aromatic rings. The first-order chi connectivity index (χ1) is 7.72. The molecule has 3 N–H and O–H groups in total. The van der Waals surface area contributed by atoms with E-state index < -0.39 is 0 Å². The Morgan fingerprint density at radius 3 is 2.75 bits per heavy atom. The third-order valence-electron chi connectivity index (χ3n) is 2.27. The Labute approximate surface area is 105 Å². The summed E-state index contributed by atoms with van der Waals surface area (Å²) in [7, 11) is 0. The fraction of sp³-hybridized carbons (Fsp3) is 0.0909. The molecular formula is C11H10BrFN2S. The van der Waals surface area contributed by atoms with Crippen molar-refractivity contribution in [1.29, 1.82) is 0 Å². The summed E-state index contributed by atoms with van der Waals surface area (Å²) >= 11 is 4.95. The van der Waals surface area contributed by atoms with Crippen LogP contribution in [0.1, 0.15) is 16.5 Å². The second kappa shape index (κ2) is 5.05. The number of benzene rings is 1. The fourth-order valence-corrected chi connectivity index (χ4v) is 2.90. The number of rotatable bonds is 3. The summed E-state index contributed by atoms with van der Waals surface area (Å²) < 4.78 is 13.7. The predicted octanol–water partition coefficient (Wildman–Crippen LogP) is 3.20. The van der Waals surface area contributed by atoms with Gasteiger partial charge in [0.1, 0.15) is 5.82 Å². The Morgan fingerprint density at radius 2 is 2.19 bits per heavy atom. The minimum absolute atomic E-state index is 0.116. The first kappa shape index (κ1) is 11.7. The molecule has 2 rings (SSSR count). The van der Waals surface area contributed by atoms with Crippen LogP contribution in [-0.2, 0) is 0 Å². The van der Waals surface area contributed by atoms with Gasteiger partial charge in [0.05, 0.1) is 6.04 Å². The number of hydrazine groups is 1. The molecule has 1 aromatic heterocycles. The molecule has 0 aliphatic heterocycles. The van der Waals surface area contributed by atoms with E-state index in [2.05, 4.69) is 21.4 Å². The lowest BCUT2D eigenvalue weighted by molar-refractivity contribution is 0.616. The second-order valence-corrected chi connectivity index (χ2v) is 5.11. The molecular weight excluding hydrogens is 291 g/mol. The fourth-order valence-electron chi connectivity index (χ4n) is 1.52. The third-order valence-corrected chi connectivity index (χ3v) is 3.89. The van der Waals surface area contributed by atoms with E-state index >= 15 is 0 Å². The lowest BCUT2D eigenvalue weighted by atomic mass is 10.1. The van der Waals surface area contributed by atoms with Crippen LogP contribution < -0.4 is 11.3 Å². The first-order valence-corrected chi connectivity index (χ1v) is 6.34. The van der Waals surface area contributed by atoms with Crippen molar-refractivity contribution in [2.45, 2.75) is 6.04 Å². The lowest BCUT2D eigenvalue weighted by Crippen LogP contribution is -2.28. The molecule has 84 valence electrons. The quantitative estimate of drug-likeness (QED) is 0.675. The summed E-state index contributed by atoms with van der Waals surface area (Å²) in [5, 5.41) is 1.98. The van der Waals surface area contributed by atoms with Crippen molar-refractivity contribution in [3.05, 3.63) is 56.4 Å². The molecule has 5 heteroatoms. The molecule has 1 unspecified atom stereocenters. The number of nitrogens with one attached hydrogen (secondary N) is 1.